The molecule has 0 aliphatic heterocycles. The number of hydrogen-bond acceptors (Lipinski definition) is 0. The van der Waals surface area contributed by atoms with E-state index in [9.17, 15) is 0 Å². The summed E-state index contributed by atoms with van der Waals surface area (Å²) in [5, 5.41) is 0. The third-order valence-corrected chi connectivity index (χ3v) is 2.45. The van der Waals surface area contributed by atoms with Crippen molar-refractivity contribution >= 4 is 11.6 Å². The van der Waals surface area contributed by atoms with E-state index in [1.165, 1.54) is 19.3 Å². The van der Waals surface area contributed by atoms with Crippen LogP contribution in [0.25, 0.3) is 0 Å². The fourth-order valence-corrected chi connectivity index (χ4v) is 1.51. The average Bonchev–Trinajstić information content (AvgIpc) is 2.11. The Morgan fingerprint density at radius 1 is 1.08 bits per heavy atom. The van der Waals surface area contributed by atoms with E-state index in [4.69, 9.17) is 11.6 Å². The summed E-state index contributed by atoms with van der Waals surface area (Å²) in [4.78, 5) is 0. The lowest BCUT2D eigenvalue weighted by Gasteiger charge is -2.11. The summed E-state index contributed by atoms with van der Waals surface area (Å²) in [7, 11) is 0. The van der Waals surface area contributed by atoms with Gasteiger partial charge in [0.1, 0.15) is 0 Å². The van der Waals surface area contributed by atoms with Gasteiger partial charge in [0.15, 0.2) is 0 Å². The highest BCUT2D eigenvalue weighted by Gasteiger charge is 2.04. The molecule has 0 radical (unpaired) electrons. The molecule has 1 atom stereocenters. The van der Waals surface area contributed by atoms with Crippen molar-refractivity contribution in [1.29, 1.82) is 0 Å². The Labute approximate surface area is 81.3 Å². The zero-order chi connectivity index (χ0) is 9.23. The summed E-state index contributed by atoms with van der Waals surface area (Å²) in [5.74, 6) is 1.45. The van der Waals surface area contributed by atoms with Gasteiger partial charge in [-0.15, -0.1) is 24.8 Å². The lowest BCUT2D eigenvalue weighted by atomic mass is 9.99. The van der Waals surface area contributed by atoms with Gasteiger partial charge in [-0.1, -0.05) is 12.2 Å². The fourth-order valence-electron chi connectivity index (χ4n) is 1.20. The summed E-state index contributed by atoms with van der Waals surface area (Å²) in [6.07, 6.45) is 9.77. The first-order valence-electron chi connectivity index (χ1n) is 4.62. The molecule has 12 heavy (non-hydrogen) atoms. The largest absolute Gasteiger partial charge is 0.126 e. The highest BCUT2D eigenvalue weighted by Crippen LogP contribution is 2.16. The molecule has 0 N–H and O–H groups in total. The van der Waals surface area contributed by atoms with Crippen molar-refractivity contribution in [1.82, 2.24) is 0 Å². The standard InChI is InChI=1S/C11H19Cl/c1-3-5-7-9-11(10-12)8-6-4-2/h3-4,11H,1-2,5-10H2. The predicted octanol–water partition coefficient (Wildman–Crippen LogP) is 4.16. The van der Waals surface area contributed by atoms with E-state index in [1.54, 1.807) is 0 Å². The molecule has 0 fully saturated rings. The lowest BCUT2D eigenvalue weighted by molar-refractivity contribution is 0.486. The van der Waals surface area contributed by atoms with Gasteiger partial charge in [-0.25, -0.2) is 0 Å². The van der Waals surface area contributed by atoms with Crippen molar-refractivity contribution < 1.29 is 0 Å². The van der Waals surface area contributed by atoms with Crippen LogP contribution < -0.4 is 0 Å². The Morgan fingerprint density at radius 2 is 1.75 bits per heavy atom. The van der Waals surface area contributed by atoms with Crippen molar-refractivity contribution in [3.63, 3.8) is 0 Å². The molecule has 0 aromatic carbocycles. The normalized spacial score (nSPS) is 12.4. The molecule has 1 heteroatoms. The van der Waals surface area contributed by atoms with Crippen LogP contribution in [0.15, 0.2) is 25.3 Å². The van der Waals surface area contributed by atoms with Crippen LogP contribution in [0.4, 0.5) is 0 Å². The first-order chi connectivity index (χ1) is 5.85. The number of allylic oxidation sites excluding steroid dienone is 2. The second-order valence-corrected chi connectivity index (χ2v) is 3.41. The molecule has 0 bridgehead atoms. The minimum Gasteiger partial charge on any atom is -0.126 e. The van der Waals surface area contributed by atoms with Crippen LogP contribution in [-0.4, -0.2) is 5.88 Å². The molecule has 0 heterocycles. The maximum atomic E-state index is 5.82. The van der Waals surface area contributed by atoms with Gasteiger partial charge in [-0.3, -0.25) is 0 Å². The number of rotatable bonds is 8. The summed E-state index contributed by atoms with van der Waals surface area (Å²) >= 11 is 5.82. The Bertz CT molecular complexity index is 118. The Balaban J connectivity index is 3.38. The molecule has 70 valence electrons. The molecule has 0 saturated carbocycles. The number of unbranched alkanes of at least 4 members (excludes halogenated alkanes) is 1. The molecule has 0 aliphatic rings. The average molecular weight is 187 g/mol. The molecule has 0 amide bonds. The van der Waals surface area contributed by atoms with Crippen LogP contribution >= 0.6 is 11.6 Å². The second kappa shape index (κ2) is 8.86. The molecular weight excluding hydrogens is 168 g/mol. The first-order valence-corrected chi connectivity index (χ1v) is 5.16. The number of alkyl halides is 1. The van der Waals surface area contributed by atoms with Gasteiger partial charge in [0, 0.05) is 5.88 Å². The van der Waals surface area contributed by atoms with Crippen LogP contribution in [0.2, 0.25) is 0 Å². The quantitative estimate of drug-likeness (QED) is 0.303. The van der Waals surface area contributed by atoms with Crippen molar-refractivity contribution in [2.24, 2.45) is 5.92 Å². The molecule has 0 rings (SSSR count). The molecular formula is C11H19Cl. The third kappa shape index (κ3) is 6.48. The maximum Gasteiger partial charge on any atom is 0.0251 e. The SMILES string of the molecule is C=CCCCC(CCl)CCC=C. The van der Waals surface area contributed by atoms with E-state index >= 15 is 0 Å². The fraction of sp³-hybridized carbons (Fsp3) is 0.636. The highest BCUT2D eigenvalue weighted by molar-refractivity contribution is 6.18. The Hall–Kier alpha value is -0.230. The van der Waals surface area contributed by atoms with Crippen LogP contribution in [0.5, 0.6) is 0 Å². The van der Waals surface area contributed by atoms with Gasteiger partial charge >= 0.3 is 0 Å². The zero-order valence-corrected chi connectivity index (χ0v) is 8.52. The van der Waals surface area contributed by atoms with E-state index < -0.39 is 0 Å². The maximum absolute atomic E-state index is 5.82. The lowest BCUT2D eigenvalue weighted by Crippen LogP contribution is -2.01. The van der Waals surface area contributed by atoms with E-state index in [1.807, 2.05) is 12.2 Å². The molecule has 0 saturated heterocycles. The number of hydrogen-bond donors (Lipinski definition) is 0. The van der Waals surface area contributed by atoms with Crippen molar-refractivity contribution in [3.05, 3.63) is 25.3 Å². The topological polar surface area (TPSA) is 0 Å². The Morgan fingerprint density at radius 3 is 2.25 bits per heavy atom. The van der Waals surface area contributed by atoms with Crippen LogP contribution in [0.1, 0.15) is 32.1 Å². The summed E-state index contributed by atoms with van der Waals surface area (Å²) in [5.41, 5.74) is 0. The van der Waals surface area contributed by atoms with E-state index in [0.29, 0.717) is 5.92 Å². The van der Waals surface area contributed by atoms with Gasteiger partial charge in [0.05, 0.1) is 0 Å². The van der Waals surface area contributed by atoms with Crippen LogP contribution in [0, 0.1) is 5.92 Å². The molecule has 1 unspecified atom stereocenters. The van der Waals surface area contributed by atoms with Gasteiger partial charge in [-0.05, 0) is 38.0 Å². The van der Waals surface area contributed by atoms with E-state index in [-0.39, 0.29) is 0 Å². The summed E-state index contributed by atoms with van der Waals surface area (Å²) in [6.45, 7) is 7.40. The monoisotopic (exact) mass is 186 g/mol. The summed E-state index contributed by atoms with van der Waals surface area (Å²) in [6, 6.07) is 0. The molecule has 0 aromatic heterocycles. The first kappa shape index (κ1) is 11.8. The predicted molar refractivity (Wildman–Crippen MR) is 57.7 cm³/mol. The molecule has 0 aliphatic carbocycles. The van der Waals surface area contributed by atoms with Gasteiger partial charge in [0.2, 0.25) is 0 Å². The van der Waals surface area contributed by atoms with Crippen LogP contribution in [-0.2, 0) is 0 Å². The van der Waals surface area contributed by atoms with Crippen LogP contribution in [0.3, 0.4) is 0 Å². The zero-order valence-electron chi connectivity index (χ0n) is 7.77. The van der Waals surface area contributed by atoms with Crippen molar-refractivity contribution in [2.75, 3.05) is 5.88 Å². The summed E-state index contributed by atoms with van der Waals surface area (Å²) < 4.78 is 0. The molecule has 0 aromatic rings. The third-order valence-electron chi connectivity index (χ3n) is 2.02. The minimum absolute atomic E-state index is 0.671. The minimum atomic E-state index is 0.671. The van der Waals surface area contributed by atoms with Gasteiger partial charge < -0.3 is 0 Å². The molecule has 0 nitrogen and oxygen atoms in total. The van der Waals surface area contributed by atoms with Crippen molar-refractivity contribution in [3.8, 4) is 0 Å². The Kier molecular flexibility index (Phi) is 8.69. The van der Waals surface area contributed by atoms with Crippen molar-refractivity contribution in [2.45, 2.75) is 32.1 Å². The smallest absolute Gasteiger partial charge is 0.0251 e. The van der Waals surface area contributed by atoms with Gasteiger partial charge in [-0.2, -0.15) is 0 Å². The highest BCUT2D eigenvalue weighted by atomic mass is 35.5. The van der Waals surface area contributed by atoms with E-state index in [2.05, 4.69) is 13.2 Å². The van der Waals surface area contributed by atoms with E-state index in [0.717, 1.165) is 18.7 Å². The molecule has 0 spiro atoms. The second-order valence-electron chi connectivity index (χ2n) is 3.11. The van der Waals surface area contributed by atoms with Gasteiger partial charge in [0.25, 0.3) is 0 Å². The number of halogens is 1.